The number of hydrogen-bond acceptors (Lipinski definition) is 2. The quantitative estimate of drug-likeness (QED) is 0.160. The molecule has 56 heavy (non-hydrogen) atoms. The molecule has 0 aliphatic heterocycles. The zero-order valence-electron chi connectivity index (χ0n) is 30.6. The minimum Gasteiger partial charge on any atom is -0.456 e. The van der Waals surface area contributed by atoms with E-state index in [2.05, 4.69) is 217 Å². The second-order valence-corrected chi connectivity index (χ2v) is 14.5. The van der Waals surface area contributed by atoms with Gasteiger partial charge < -0.3 is 9.32 Å². The van der Waals surface area contributed by atoms with Gasteiger partial charge in [0.05, 0.1) is 11.1 Å². The highest BCUT2D eigenvalue weighted by Gasteiger charge is 2.21. The predicted octanol–water partition coefficient (Wildman–Crippen LogP) is 15.5. The van der Waals surface area contributed by atoms with Gasteiger partial charge in [-0.2, -0.15) is 0 Å². The van der Waals surface area contributed by atoms with Crippen LogP contribution in [0.25, 0.3) is 87.6 Å². The molecule has 0 aliphatic rings. The molecule has 1 aromatic heterocycles. The smallest absolute Gasteiger partial charge is 0.137 e. The van der Waals surface area contributed by atoms with Crippen LogP contribution in [0.4, 0.5) is 17.1 Å². The molecule has 11 rings (SSSR count). The molecular weight excluding hydrogens is 679 g/mol. The van der Waals surface area contributed by atoms with Gasteiger partial charge >= 0.3 is 0 Å². The Balaban J connectivity index is 1.12. The molecule has 0 bridgehead atoms. The normalized spacial score (nSPS) is 11.6. The second kappa shape index (κ2) is 13.2. The lowest BCUT2D eigenvalue weighted by molar-refractivity contribution is 0.669. The Morgan fingerprint density at radius 2 is 0.929 bits per heavy atom. The maximum atomic E-state index is 6.60. The van der Waals surface area contributed by atoms with Crippen molar-refractivity contribution in [2.24, 2.45) is 0 Å². The average molecular weight is 714 g/mol. The highest BCUT2D eigenvalue weighted by atomic mass is 16.3. The molecule has 0 N–H and O–H groups in total. The largest absolute Gasteiger partial charge is 0.456 e. The van der Waals surface area contributed by atoms with Gasteiger partial charge in [-0.1, -0.05) is 158 Å². The molecule has 2 nitrogen and oxygen atoms in total. The molecule has 0 saturated heterocycles. The van der Waals surface area contributed by atoms with Crippen molar-refractivity contribution in [3.8, 4) is 33.4 Å². The molecule has 11 aromatic rings. The van der Waals surface area contributed by atoms with Crippen LogP contribution in [-0.2, 0) is 0 Å². The Hall–Kier alpha value is -7.42. The van der Waals surface area contributed by atoms with Crippen LogP contribution in [0.2, 0.25) is 0 Å². The molecule has 10 aromatic carbocycles. The monoisotopic (exact) mass is 713 g/mol. The zero-order chi connectivity index (χ0) is 37.0. The van der Waals surface area contributed by atoms with Gasteiger partial charge in [0.15, 0.2) is 0 Å². The number of benzene rings is 10. The first-order chi connectivity index (χ1) is 27.8. The summed E-state index contributed by atoms with van der Waals surface area (Å²) in [6.07, 6.45) is 0. The Morgan fingerprint density at radius 1 is 0.304 bits per heavy atom. The minimum atomic E-state index is 0.864. The van der Waals surface area contributed by atoms with Crippen molar-refractivity contribution >= 4 is 71.3 Å². The van der Waals surface area contributed by atoms with Crippen molar-refractivity contribution in [2.75, 3.05) is 4.90 Å². The van der Waals surface area contributed by atoms with Crippen LogP contribution in [0.15, 0.2) is 217 Å². The van der Waals surface area contributed by atoms with Gasteiger partial charge in [0.1, 0.15) is 11.2 Å². The lowest BCUT2D eigenvalue weighted by atomic mass is 9.89. The second-order valence-electron chi connectivity index (χ2n) is 14.5. The average Bonchev–Trinajstić information content (AvgIpc) is 3.64. The van der Waals surface area contributed by atoms with E-state index in [4.69, 9.17) is 4.42 Å². The number of rotatable bonds is 6. The van der Waals surface area contributed by atoms with E-state index in [1.807, 2.05) is 0 Å². The van der Waals surface area contributed by atoms with Crippen molar-refractivity contribution < 1.29 is 4.42 Å². The third-order valence-electron chi connectivity index (χ3n) is 11.2. The first-order valence-electron chi connectivity index (χ1n) is 19.2. The van der Waals surface area contributed by atoms with Gasteiger partial charge in [-0.3, -0.25) is 0 Å². The number of furan rings is 1. The number of fused-ring (bicyclic) bond motifs is 7. The number of nitrogens with zero attached hydrogens (tertiary/aromatic N) is 1. The fourth-order valence-corrected chi connectivity index (χ4v) is 8.60. The van der Waals surface area contributed by atoms with Crippen molar-refractivity contribution in [2.45, 2.75) is 0 Å². The molecule has 0 fully saturated rings. The van der Waals surface area contributed by atoms with Crippen LogP contribution >= 0.6 is 0 Å². The van der Waals surface area contributed by atoms with Crippen molar-refractivity contribution in [1.29, 1.82) is 0 Å². The number of anilines is 3. The molecule has 1 heterocycles. The third-order valence-corrected chi connectivity index (χ3v) is 11.2. The van der Waals surface area contributed by atoms with Crippen molar-refractivity contribution in [3.05, 3.63) is 212 Å². The fourth-order valence-electron chi connectivity index (χ4n) is 8.60. The van der Waals surface area contributed by atoms with E-state index in [1.54, 1.807) is 0 Å². The van der Waals surface area contributed by atoms with E-state index < -0.39 is 0 Å². The highest BCUT2D eigenvalue weighted by Crippen LogP contribution is 2.46. The maximum Gasteiger partial charge on any atom is 0.137 e. The summed E-state index contributed by atoms with van der Waals surface area (Å²) >= 11 is 0. The van der Waals surface area contributed by atoms with E-state index >= 15 is 0 Å². The van der Waals surface area contributed by atoms with Gasteiger partial charge in [0.2, 0.25) is 0 Å². The molecule has 0 atom stereocenters. The van der Waals surface area contributed by atoms with Crippen LogP contribution in [-0.4, -0.2) is 0 Å². The van der Waals surface area contributed by atoms with Crippen molar-refractivity contribution in [3.63, 3.8) is 0 Å². The van der Waals surface area contributed by atoms with E-state index in [9.17, 15) is 0 Å². The van der Waals surface area contributed by atoms with Crippen molar-refractivity contribution in [1.82, 2.24) is 0 Å². The van der Waals surface area contributed by atoms with Crippen LogP contribution in [0.3, 0.4) is 0 Å². The lowest BCUT2D eigenvalue weighted by Crippen LogP contribution is -2.10. The first-order valence-corrected chi connectivity index (χ1v) is 19.2. The fraction of sp³-hybridized carbons (Fsp3) is 0. The van der Waals surface area contributed by atoms with Crippen LogP contribution < -0.4 is 4.90 Å². The van der Waals surface area contributed by atoms with E-state index in [1.165, 1.54) is 60.1 Å². The minimum absolute atomic E-state index is 0.864. The first kappa shape index (κ1) is 32.0. The molecule has 0 radical (unpaired) electrons. The maximum absolute atomic E-state index is 6.60. The van der Waals surface area contributed by atoms with Crippen LogP contribution in [0.1, 0.15) is 0 Å². The zero-order valence-corrected chi connectivity index (χ0v) is 30.6. The van der Waals surface area contributed by atoms with Gasteiger partial charge in [-0.25, -0.2) is 0 Å². The molecule has 262 valence electrons. The van der Waals surface area contributed by atoms with E-state index in [0.717, 1.165) is 44.6 Å². The summed E-state index contributed by atoms with van der Waals surface area (Å²) in [6.45, 7) is 0. The topological polar surface area (TPSA) is 16.4 Å². The van der Waals surface area contributed by atoms with Gasteiger partial charge in [0, 0.05) is 16.8 Å². The summed E-state index contributed by atoms with van der Waals surface area (Å²) in [5.41, 5.74) is 12.1. The summed E-state index contributed by atoms with van der Waals surface area (Å²) in [5.74, 6) is 0. The Bertz CT molecular complexity index is 3250. The van der Waals surface area contributed by atoms with Gasteiger partial charge in [-0.05, 0) is 120 Å². The highest BCUT2D eigenvalue weighted by molar-refractivity contribution is 6.17. The van der Waals surface area contributed by atoms with Gasteiger partial charge in [-0.15, -0.1) is 0 Å². The molecule has 0 saturated carbocycles. The summed E-state index contributed by atoms with van der Waals surface area (Å²) in [4.78, 5) is 2.39. The standard InChI is InChI=1S/C54H35NO/c1-2-14-36(15-3-1)37-28-30-42(31-29-37)55(51-26-13-27-52-54(51)50-33-38-16-4-5-17-39(38)35-53(50)56-52)43-20-12-19-40(32-43)44-22-8-9-24-47(44)49-34-41-18-6-7-21-45(41)46-23-10-11-25-48(46)49/h1-35H. The van der Waals surface area contributed by atoms with Crippen LogP contribution in [0.5, 0.6) is 0 Å². The Kier molecular flexibility index (Phi) is 7.53. The lowest BCUT2D eigenvalue weighted by Gasteiger charge is -2.27. The van der Waals surface area contributed by atoms with E-state index in [0.29, 0.717) is 0 Å². The molecule has 0 unspecified atom stereocenters. The summed E-state index contributed by atoms with van der Waals surface area (Å²) in [6, 6.07) is 76.5. The van der Waals surface area contributed by atoms with Crippen LogP contribution in [0, 0.1) is 0 Å². The molecule has 2 heteroatoms. The predicted molar refractivity (Wildman–Crippen MR) is 237 cm³/mol. The summed E-state index contributed by atoms with van der Waals surface area (Å²) in [5, 5.41) is 9.58. The molecule has 0 amide bonds. The molecular formula is C54H35NO. The Labute approximate surface area is 325 Å². The molecule has 0 aliphatic carbocycles. The molecule has 0 spiro atoms. The van der Waals surface area contributed by atoms with Gasteiger partial charge in [0.25, 0.3) is 0 Å². The third kappa shape index (κ3) is 5.34. The summed E-state index contributed by atoms with van der Waals surface area (Å²) in [7, 11) is 0. The summed E-state index contributed by atoms with van der Waals surface area (Å²) < 4.78 is 6.60. The SMILES string of the molecule is c1ccc(-c2ccc(N(c3cccc(-c4ccccc4-c4cc5ccccc5c5ccccc45)c3)c3cccc4oc5cc6ccccc6cc5c34)cc2)cc1. The Morgan fingerprint density at radius 3 is 1.75 bits per heavy atom. The van der Waals surface area contributed by atoms with E-state index in [-0.39, 0.29) is 0 Å². The number of hydrogen-bond donors (Lipinski definition) is 0.